The summed E-state index contributed by atoms with van der Waals surface area (Å²) in [4.78, 5) is 10.3. The van der Waals surface area contributed by atoms with Gasteiger partial charge in [-0.2, -0.15) is 13.2 Å². The molecule has 1 aromatic carbocycles. The summed E-state index contributed by atoms with van der Waals surface area (Å²) in [6.45, 7) is 0. The zero-order valence-corrected chi connectivity index (χ0v) is 9.61. The number of benzene rings is 1. The molecule has 0 aromatic heterocycles. The molecule has 0 unspecified atom stereocenters. The fourth-order valence-electron chi connectivity index (χ4n) is 1.14. The molecule has 0 heterocycles. The highest BCUT2D eigenvalue weighted by Gasteiger charge is 2.32. The predicted molar refractivity (Wildman–Crippen MR) is 57.0 cm³/mol. The fourth-order valence-corrected chi connectivity index (χ4v) is 1.83. The van der Waals surface area contributed by atoms with Crippen molar-refractivity contribution in [3.05, 3.63) is 35.4 Å². The van der Waals surface area contributed by atoms with E-state index in [4.69, 9.17) is 0 Å². The number of hydrogen-bond donors (Lipinski definition) is 0. The molecule has 0 N–H and O–H groups in total. The molecule has 0 aliphatic rings. The highest BCUT2D eigenvalue weighted by Crippen LogP contribution is 2.33. The molecule has 0 saturated heterocycles. The van der Waals surface area contributed by atoms with Crippen LogP contribution in [0.4, 0.5) is 22.4 Å². The van der Waals surface area contributed by atoms with E-state index in [2.05, 4.69) is 0 Å². The second-order valence-corrected chi connectivity index (χ2v) is 4.27. The standard InChI is InChI=1S/C10H9F4NOS/c1-15(9(11)16)17-6-7-4-2-3-5-8(7)10(12,13)14/h2-5H,6H2,1H3. The zero-order chi connectivity index (χ0) is 13.1. The second kappa shape index (κ2) is 5.39. The minimum Gasteiger partial charge on any atom is -0.261 e. The summed E-state index contributed by atoms with van der Waals surface area (Å²) in [6.07, 6.45) is -6.14. The van der Waals surface area contributed by atoms with Gasteiger partial charge in [0.05, 0.1) is 5.56 Å². The van der Waals surface area contributed by atoms with E-state index in [-0.39, 0.29) is 11.3 Å². The first-order valence-corrected chi connectivity index (χ1v) is 5.48. The van der Waals surface area contributed by atoms with Crippen molar-refractivity contribution in [2.75, 3.05) is 7.05 Å². The fraction of sp³-hybridized carbons (Fsp3) is 0.300. The van der Waals surface area contributed by atoms with Crippen molar-refractivity contribution in [1.29, 1.82) is 0 Å². The van der Waals surface area contributed by atoms with E-state index in [0.717, 1.165) is 13.1 Å². The first-order valence-electron chi connectivity index (χ1n) is 4.53. The lowest BCUT2D eigenvalue weighted by Gasteiger charge is -2.14. The van der Waals surface area contributed by atoms with Crippen LogP contribution in [-0.2, 0) is 11.9 Å². The SMILES string of the molecule is CN(SCc1ccccc1C(F)(F)F)C(=O)F. The first kappa shape index (κ1) is 13.8. The van der Waals surface area contributed by atoms with Crippen LogP contribution in [0.5, 0.6) is 0 Å². The third-order valence-corrected chi connectivity index (χ3v) is 2.95. The molecule has 7 heteroatoms. The van der Waals surface area contributed by atoms with Gasteiger partial charge in [-0.1, -0.05) is 18.2 Å². The molecule has 0 aliphatic heterocycles. The van der Waals surface area contributed by atoms with Crippen LogP contribution in [0.25, 0.3) is 0 Å². The molecule has 0 spiro atoms. The van der Waals surface area contributed by atoms with Crippen LogP contribution in [0.1, 0.15) is 11.1 Å². The maximum absolute atomic E-state index is 12.6. The minimum atomic E-state index is -4.45. The van der Waals surface area contributed by atoms with Crippen molar-refractivity contribution in [2.45, 2.75) is 11.9 Å². The van der Waals surface area contributed by atoms with Crippen molar-refractivity contribution >= 4 is 18.1 Å². The third kappa shape index (κ3) is 3.92. The van der Waals surface area contributed by atoms with Crippen LogP contribution in [0.3, 0.4) is 0 Å². The van der Waals surface area contributed by atoms with Crippen LogP contribution in [0.2, 0.25) is 0 Å². The first-order chi connectivity index (χ1) is 7.82. The number of nitrogens with zero attached hydrogens (tertiary/aromatic N) is 1. The summed E-state index contributed by atoms with van der Waals surface area (Å²) in [7, 11) is 1.16. The van der Waals surface area contributed by atoms with Gasteiger partial charge in [-0.3, -0.25) is 4.31 Å². The minimum absolute atomic E-state index is 0.0121. The molecule has 1 aromatic rings. The molecular formula is C10H9F4NOS. The van der Waals surface area contributed by atoms with Gasteiger partial charge in [0.2, 0.25) is 0 Å². The van der Waals surface area contributed by atoms with Gasteiger partial charge in [-0.25, -0.2) is 4.79 Å². The van der Waals surface area contributed by atoms with Gasteiger partial charge in [0.1, 0.15) is 0 Å². The van der Waals surface area contributed by atoms with Gasteiger partial charge in [-0.15, -0.1) is 4.39 Å². The van der Waals surface area contributed by atoms with Gasteiger partial charge >= 0.3 is 12.3 Å². The lowest BCUT2D eigenvalue weighted by molar-refractivity contribution is -0.138. The molecule has 0 radical (unpaired) electrons. The molecule has 0 bridgehead atoms. The Hall–Kier alpha value is -1.24. The van der Waals surface area contributed by atoms with E-state index in [1.807, 2.05) is 0 Å². The Morgan fingerprint density at radius 2 is 1.94 bits per heavy atom. The Bertz CT molecular complexity index is 408. The van der Waals surface area contributed by atoms with E-state index in [1.54, 1.807) is 0 Å². The van der Waals surface area contributed by atoms with Crippen molar-refractivity contribution in [2.24, 2.45) is 0 Å². The summed E-state index contributed by atoms with van der Waals surface area (Å²) in [5.74, 6) is -0.123. The molecule has 1 rings (SSSR count). The summed E-state index contributed by atoms with van der Waals surface area (Å²) in [5.41, 5.74) is -0.759. The zero-order valence-electron chi connectivity index (χ0n) is 8.79. The Kier molecular flexibility index (Phi) is 4.39. The van der Waals surface area contributed by atoms with Gasteiger partial charge in [0, 0.05) is 12.8 Å². The Balaban J connectivity index is 2.81. The van der Waals surface area contributed by atoms with Crippen LogP contribution in [0.15, 0.2) is 24.3 Å². The quantitative estimate of drug-likeness (QED) is 0.358. The van der Waals surface area contributed by atoms with E-state index in [1.165, 1.54) is 18.2 Å². The molecule has 0 aliphatic carbocycles. The number of alkyl halides is 3. The number of hydrogen-bond acceptors (Lipinski definition) is 2. The summed E-state index contributed by atoms with van der Waals surface area (Å²) in [6, 6.07) is 4.99. The molecule has 1 amide bonds. The third-order valence-electron chi connectivity index (χ3n) is 1.98. The van der Waals surface area contributed by atoms with E-state index >= 15 is 0 Å². The van der Waals surface area contributed by atoms with E-state index in [9.17, 15) is 22.4 Å². The van der Waals surface area contributed by atoms with Gasteiger partial charge in [-0.05, 0) is 23.6 Å². The summed E-state index contributed by atoms with van der Waals surface area (Å²) in [5, 5.41) is 0. The molecule has 2 nitrogen and oxygen atoms in total. The maximum Gasteiger partial charge on any atom is 0.416 e. The predicted octanol–water partition coefficient (Wildman–Crippen LogP) is 3.87. The van der Waals surface area contributed by atoms with E-state index < -0.39 is 17.9 Å². The number of amides is 1. The van der Waals surface area contributed by atoms with Gasteiger partial charge in [0.15, 0.2) is 0 Å². The molecular weight excluding hydrogens is 258 g/mol. The lowest BCUT2D eigenvalue weighted by Crippen LogP contribution is -2.14. The second-order valence-electron chi connectivity index (χ2n) is 3.18. The molecule has 0 fully saturated rings. The molecule has 17 heavy (non-hydrogen) atoms. The van der Waals surface area contributed by atoms with Crippen molar-refractivity contribution in [3.63, 3.8) is 0 Å². The molecule has 94 valence electrons. The number of carbonyl (C=O) groups excluding carboxylic acids is 1. The topological polar surface area (TPSA) is 20.3 Å². The average Bonchev–Trinajstić information content (AvgIpc) is 2.24. The normalized spacial score (nSPS) is 11.4. The highest BCUT2D eigenvalue weighted by molar-refractivity contribution is 7.96. The van der Waals surface area contributed by atoms with Crippen LogP contribution in [-0.4, -0.2) is 17.5 Å². The smallest absolute Gasteiger partial charge is 0.261 e. The van der Waals surface area contributed by atoms with Crippen molar-refractivity contribution < 1.29 is 22.4 Å². The monoisotopic (exact) mass is 267 g/mol. The Labute approximate surface area is 99.7 Å². The lowest BCUT2D eigenvalue weighted by atomic mass is 10.1. The van der Waals surface area contributed by atoms with E-state index in [0.29, 0.717) is 16.3 Å². The molecule has 0 saturated carbocycles. The largest absolute Gasteiger partial charge is 0.416 e. The van der Waals surface area contributed by atoms with Crippen molar-refractivity contribution in [3.8, 4) is 0 Å². The van der Waals surface area contributed by atoms with Crippen LogP contribution in [0, 0.1) is 0 Å². The number of carbonyl (C=O) groups is 1. The number of rotatable bonds is 3. The van der Waals surface area contributed by atoms with Gasteiger partial charge in [0.25, 0.3) is 0 Å². The van der Waals surface area contributed by atoms with Crippen LogP contribution < -0.4 is 0 Å². The maximum atomic E-state index is 12.6. The Morgan fingerprint density at radius 3 is 2.47 bits per heavy atom. The Morgan fingerprint density at radius 1 is 1.35 bits per heavy atom. The molecule has 0 atom stereocenters. The summed E-state index contributed by atoms with van der Waals surface area (Å²) < 4.78 is 50.5. The van der Waals surface area contributed by atoms with Crippen molar-refractivity contribution in [1.82, 2.24) is 4.31 Å². The van der Waals surface area contributed by atoms with Gasteiger partial charge < -0.3 is 0 Å². The number of halogens is 4. The highest BCUT2D eigenvalue weighted by atomic mass is 32.2. The van der Waals surface area contributed by atoms with Crippen LogP contribution >= 0.6 is 11.9 Å². The summed E-state index contributed by atoms with van der Waals surface area (Å²) >= 11 is 0.677. The average molecular weight is 267 g/mol.